The number of nitrogens with one attached hydrogen (secondary N) is 1. The molecule has 3 aromatic carbocycles. The number of rotatable bonds is 5. The minimum absolute atomic E-state index is 0.227. The average Bonchev–Trinajstić information content (AvgIpc) is 3.00. The average molecular weight is 479 g/mol. The van der Waals surface area contributed by atoms with E-state index in [0.29, 0.717) is 52.5 Å². The highest BCUT2D eigenvalue weighted by molar-refractivity contribution is 6.34. The fourth-order valence-corrected chi connectivity index (χ4v) is 4.04. The standard InChI is InChI=1S/C26H23ClN2O5/c1-15-20(16(2)34-29-15)14-33-23-11-18-7-4-3-6-17(18)10-19(23)26(30)28-22-13-25-24(12-21(22)27)31-8-5-9-32-25/h3-4,6-7,10-13H,5,8-9,14H2,1-2H3,(H,28,30). The molecular formula is C26H23ClN2O5. The number of aromatic nitrogens is 1. The molecule has 0 fully saturated rings. The third kappa shape index (κ3) is 4.39. The first kappa shape index (κ1) is 22.1. The molecular weight excluding hydrogens is 456 g/mol. The molecule has 34 heavy (non-hydrogen) atoms. The van der Waals surface area contributed by atoms with Crippen LogP contribution in [0.5, 0.6) is 17.2 Å². The Kier molecular flexibility index (Phi) is 6.02. The predicted molar refractivity (Wildman–Crippen MR) is 129 cm³/mol. The van der Waals surface area contributed by atoms with Gasteiger partial charge in [-0.25, -0.2) is 0 Å². The number of ether oxygens (including phenoxy) is 3. The Morgan fingerprint density at radius 3 is 2.47 bits per heavy atom. The number of hydrogen-bond acceptors (Lipinski definition) is 6. The van der Waals surface area contributed by atoms with E-state index < -0.39 is 0 Å². The normalized spacial score (nSPS) is 12.9. The van der Waals surface area contributed by atoms with E-state index in [1.165, 1.54) is 0 Å². The molecule has 1 aromatic heterocycles. The number of carbonyl (C=O) groups excluding carboxylic acids is 1. The molecule has 4 aromatic rings. The summed E-state index contributed by atoms with van der Waals surface area (Å²) in [5.74, 6) is 1.89. The smallest absolute Gasteiger partial charge is 0.259 e. The Morgan fingerprint density at radius 1 is 1.06 bits per heavy atom. The fraction of sp³-hybridized carbons (Fsp3) is 0.231. The lowest BCUT2D eigenvalue weighted by atomic mass is 10.0. The van der Waals surface area contributed by atoms with E-state index in [4.69, 9.17) is 30.3 Å². The second-order valence-corrected chi connectivity index (χ2v) is 8.48. The summed E-state index contributed by atoms with van der Waals surface area (Å²) in [6, 6.07) is 14.8. The van der Waals surface area contributed by atoms with E-state index in [0.717, 1.165) is 28.5 Å². The van der Waals surface area contributed by atoms with Crippen molar-refractivity contribution in [2.45, 2.75) is 26.9 Å². The summed E-state index contributed by atoms with van der Waals surface area (Å²) < 4.78 is 22.8. The number of aryl methyl sites for hydroxylation is 2. The van der Waals surface area contributed by atoms with Crippen molar-refractivity contribution in [2.24, 2.45) is 0 Å². The molecule has 8 heteroatoms. The van der Waals surface area contributed by atoms with Crippen LogP contribution < -0.4 is 19.5 Å². The molecule has 0 saturated heterocycles. The number of halogens is 1. The molecule has 0 bridgehead atoms. The third-order valence-electron chi connectivity index (χ3n) is 5.73. The number of amides is 1. The van der Waals surface area contributed by atoms with Gasteiger partial charge in [0.1, 0.15) is 18.1 Å². The zero-order valence-electron chi connectivity index (χ0n) is 18.8. The number of nitrogens with zero attached hydrogens (tertiary/aromatic N) is 1. The first-order valence-electron chi connectivity index (χ1n) is 11.0. The van der Waals surface area contributed by atoms with Gasteiger partial charge in [-0.1, -0.05) is 41.0 Å². The van der Waals surface area contributed by atoms with E-state index >= 15 is 0 Å². The molecule has 0 radical (unpaired) electrons. The van der Waals surface area contributed by atoms with E-state index in [1.54, 1.807) is 12.1 Å². The van der Waals surface area contributed by atoms with Gasteiger partial charge in [0.2, 0.25) is 0 Å². The fourth-order valence-electron chi connectivity index (χ4n) is 3.84. The quantitative estimate of drug-likeness (QED) is 0.373. The minimum Gasteiger partial charge on any atom is -0.490 e. The molecule has 0 aliphatic carbocycles. The van der Waals surface area contributed by atoms with Gasteiger partial charge in [-0.2, -0.15) is 0 Å². The molecule has 1 aliphatic rings. The maximum Gasteiger partial charge on any atom is 0.259 e. The maximum absolute atomic E-state index is 13.4. The lowest BCUT2D eigenvalue weighted by Crippen LogP contribution is -2.14. The van der Waals surface area contributed by atoms with E-state index in [1.807, 2.05) is 50.2 Å². The van der Waals surface area contributed by atoms with Gasteiger partial charge in [0.25, 0.3) is 5.91 Å². The monoisotopic (exact) mass is 478 g/mol. The molecule has 2 heterocycles. The predicted octanol–water partition coefficient (Wildman–Crippen LogP) is 6.09. The summed E-state index contributed by atoms with van der Waals surface area (Å²) in [7, 11) is 0. The van der Waals surface area contributed by atoms with Crippen LogP contribution in [-0.4, -0.2) is 24.3 Å². The number of anilines is 1. The minimum atomic E-state index is -0.351. The van der Waals surface area contributed by atoms with Gasteiger partial charge in [-0.3, -0.25) is 4.79 Å². The SMILES string of the molecule is Cc1noc(C)c1COc1cc2ccccc2cc1C(=O)Nc1cc2c(cc1Cl)OCCCO2. The Balaban J connectivity index is 1.47. The van der Waals surface area contributed by atoms with Gasteiger partial charge in [-0.15, -0.1) is 0 Å². The molecule has 0 atom stereocenters. The van der Waals surface area contributed by atoms with Crippen molar-refractivity contribution in [1.82, 2.24) is 5.16 Å². The summed E-state index contributed by atoms with van der Waals surface area (Å²) in [5, 5.41) is 9.11. The molecule has 1 aliphatic heterocycles. The van der Waals surface area contributed by atoms with Crippen molar-refractivity contribution < 1.29 is 23.5 Å². The van der Waals surface area contributed by atoms with Gasteiger partial charge < -0.3 is 24.1 Å². The first-order valence-corrected chi connectivity index (χ1v) is 11.4. The van der Waals surface area contributed by atoms with Gasteiger partial charge in [0.15, 0.2) is 11.5 Å². The van der Waals surface area contributed by atoms with Crippen molar-refractivity contribution >= 4 is 34.0 Å². The highest BCUT2D eigenvalue weighted by atomic mass is 35.5. The van der Waals surface area contributed by atoms with Gasteiger partial charge >= 0.3 is 0 Å². The molecule has 0 spiro atoms. The van der Waals surface area contributed by atoms with E-state index in [9.17, 15) is 4.79 Å². The molecule has 7 nitrogen and oxygen atoms in total. The topological polar surface area (TPSA) is 82.8 Å². The number of fused-ring (bicyclic) bond motifs is 2. The van der Waals surface area contributed by atoms with Gasteiger partial charge in [0, 0.05) is 18.6 Å². The van der Waals surface area contributed by atoms with Gasteiger partial charge in [0.05, 0.1) is 40.7 Å². The maximum atomic E-state index is 13.4. The Labute approximate surface area is 201 Å². The number of carbonyl (C=O) groups is 1. The zero-order chi connectivity index (χ0) is 23.7. The third-order valence-corrected chi connectivity index (χ3v) is 6.04. The highest BCUT2D eigenvalue weighted by Crippen LogP contribution is 2.38. The largest absolute Gasteiger partial charge is 0.490 e. The Bertz CT molecular complexity index is 1360. The van der Waals surface area contributed by atoms with Crippen molar-refractivity contribution in [3.8, 4) is 17.2 Å². The van der Waals surface area contributed by atoms with Crippen LogP contribution >= 0.6 is 11.6 Å². The summed E-state index contributed by atoms with van der Waals surface area (Å²) in [4.78, 5) is 13.4. The van der Waals surface area contributed by atoms with E-state index in [2.05, 4.69) is 10.5 Å². The number of benzene rings is 3. The second kappa shape index (κ2) is 9.27. The highest BCUT2D eigenvalue weighted by Gasteiger charge is 2.20. The molecule has 174 valence electrons. The van der Waals surface area contributed by atoms with E-state index in [-0.39, 0.29) is 12.5 Å². The molecule has 1 amide bonds. The van der Waals surface area contributed by atoms with Gasteiger partial charge in [-0.05, 0) is 36.8 Å². The second-order valence-electron chi connectivity index (χ2n) is 8.07. The molecule has 0 saturated carbocycles. The van der Waals surface area contributed by atoms with Crippen molar-refractivity contribution in [2.75, 3.05) is 18.5 Å². The summed E-state index contributed by atoms with van der Waals surface area (Å²) >= 11 is 6.45. The molecule has 5 rings (SSSR count). The van der Waals surface area contributed by atoms with Crippen LogP contribution in [0.4, 0.5) is 5.69 Å². The van der Waals surface area contributed by atoms with Crippen molar-refractivity contribution in [3.63, 3.8) is 0 Å². The lowest BCUT2D eigenvalue weighted by Gasteiger charge is -2.15. The molecule has 0 unspecified atom stereocenters. The van der Waals surface area contributed by atoms with Crippen LogP contribution in [0.1, 0.15) is 33.8 Å². The van der Waals surface area contributed by atoms with Crippen molar-refractivity contribution in [3.05, 3.63) is 76.1 Å². The van der Waals surface area contributed by atoms with Crippen LogP contribution in [0.3, 0.4) is 0 Å². The summed E-state index contributed by atoms with van der Waals surface area (Å²) in [6.45, 7) is 5.00. The van der Waals surface area contributed by atoms with Crippen LogP contribution in [0.2, 0.25) is 5.02 Å². The Hall–Kier alpha value is -3.71. The van der Waals surface area contributed by atoms with Crippen LogP contribution in [0.15, 0.2) is 53.1 Å². The van der Waals surface area contributed by atoms with Crippen molar-refractivity contribution in [1.29, 1.82) is 0 Å². The summed E-state index contributed by atoms with van der Waals surface area (Å²) in [5.41, 5.74) is 2.42. The van der Waals surface area contributed by atoms with Crippen LogP contribution in [-0.2, 0) is 6.61 Å². The number of hydrogen-bond donors (Lipinski definition) is 1. The van der Waals surface area contributed by atoms with Crippen LogP contribution in [0.25, 0.3) is 10.8 Å². The Morgan fingerprint density at radius 2 is 1.76 bits per heavy atom. The zero-order valence-corrected chi connectivity index (χ0v) is 19.6. The molecule has 1 N–H and O–H groups in total. The lowest BCUT2D eigenvalue weighted by molar-refractivity contribution is 0.102. The van der Waals surface area contributed by atoms with Crippen LogP contribution in [0, 0.1) is 13.8 Å². The summed E-state index contributed by atoms with van der Waals surface area (Å²) in [6.07, 6.45) is 0.775. The first-order chi connectivity index (χ1) is 16.5.